The number of hydrogen-bond donors (Lipinski definition) is 2. The maximum absolute atomic E-state index is 15.3. The number of halogens is 3. The van der Waals surface area contributed by atoms with Crippen molar-refractivity contribution >= 4 is 17.5 Å². The summed E-state index contributed by atoms with van der Waals surface area (Å²) in [5, 5.41) is 12.4. The minimum Gasteiger partial charge on any atom is -0.387 e. The predicted octanol–water partition coefficient (Wildman–Crippen LogP) is 3.18. The molecule has 0 saturated carbocycles. The summed E-state index contributed by atoms with van der Waals surface area (Å²) < 4.78 is 28.5. The summed E-state index contributed by atoms with van der Waals surface area (Å²) in [6.45, 7) is 0.0165. The van der Waals surface area contributed by atoms with Gasteiger partial charge in [0.05, 0.1) is 16.8 Å². The predicted molar refractivity (Wildman–Crippen MR) is 84.5 cm³/mol. The number of hydrogen-bond acceptors (Lipinski definition) is 3. The number of pyridine rings is 1. The number of aliphatic hydroxyl groups excluding tert-OH is 1. The zero-order valence-corrected chi connectivity index (χ0v) is 13.4. The highest BCUT2D eigenvalue weighted by Gasteiger charge is 2.46. The van der Waals surface area contributed by atoms with Crippen LogP contribution in [-0.4, -0.2) is 16.0 Å². The molecular weight excluding hydrogens is 338 g/mol. The van der Waals surface area contributed by atoms with E-state index in [-0.39, 0.29) is 35.7 Å². The molecule has 2 atom stereocenters. The van der Waals surface area contributed by atoms with E-state index in [2.05, 4.69) is 10.3 Å². The van der Waals surface area contributed by atoms with Gasteiger partial charge in [0.2, 0.25) is 5.67 Å². The average molecular weight is 353 g/mol. The van der Waals surface area contributed by atoms with Crippen LogP contribution in [-0.2, 0) is 17.0 Å². The Labute approximate surface area is 142 Å². The third-order valence-corrected chi connectivity index (χ3v) is 4.43. The molecule has 1 heterocycles. The van der Waals surface area contributed by atoms with Crippen LogP contribution >= 0.6 is 11.6 Å². The molecule has 7 heteroatoms. The Kier molecular flexibility index (Phi) is 4.51. The molecule has 3 rings (SSSR count). The van der Waals surface area contributed by atoms with E-state index in [1.54, 1.807) is 0 Å². The van der Waals surface area contributed by atoms with Gasteiger partial charge in [0.1, 0.15) is 5.82 Å². The lowest BCUT2D eigenvalue weighted by Gasteiger charge is -2.32. The molecule has 1 aromatic carbocycles. The van der Waals surface area contributed by atoms with E-state index in [1.807, 2.05) is 0 Å². The van der Waals surface area contributed by atoms with Gasteiger partial charge in [0.25, 0.3) is 5.91 Å². The largest absolute Gasteiger partial charge is 0.387 e. The molecular formula is C17H15ClF2N2O2. The van der Waals surface area contributed by atoms with Gasteiger partial charge in [-0.2, -0.15) is 0 Å². The van der Waals surface area contributed by atoms with Crippen LogP contribution in [0.25, 0.3) is 0 Å². The molecule has 2 unspecified atom stereocenters. The van der Waals surface area contributed by atoms with Crippen molar-refractivity contribution < 1.29 is 18.7 Å². The fourth-order valence-corrected chi connectivity index (χ4v) is 3.04. The molecule has 0 fully saturated rings. The van der Waals surface area contributed by atoms with Crippen molar-refractivity contribution in [2.24, 2.45) is 0 Å². The zero-order valence-electron chi connectivity index (χ0n) is 12.6. The summed E-state index contributed by atoms with van der Waals surface area (Å²) in [4.78, 5) is 16.4. The number of rotatable bonds is 3. The normalized spacial score (nSPS) is 22.8. The second kappa shape index (κ2) is 6.45. The summed E-state index contributed by atoms with van der Waals surface area (Å²) in [5.41, 5.74) is -1.43. The number of benzene rings is 1. The first-order valence-corrected chi connectivity index (χ1v) is 7.84. The van der Waals surface area contributed by atoms with Crippen LogP contribution in [0.1, 0.15) is 35.8 Å². The number of carbonyl (C=O) groups excluding carboxylic acids is 1. The molecule has 0 bridgehead atoms. The summed E-state index contributed by atoms with van der Waals surface area (Å²) in [6.07, 6.45) is 0.541. The SMILES string of the molecule is O=C(NCc1ccc(F)c(Cl)c1)C1(F)CCC(O)c2ncccc21. The van der Waals surface area contributed by atoms with E-state index in [0.717, 1.165) is 0 Å². The summed E-state index contributed by atoms with van der Waals surface area (Å²) in [7, 11) is 0. The zero-order chi connectivity index (χ0) is 17.3. The van der Waals surface area contributed by atoms with Gasteiger partial charge in [0.15, 0.2) is 0 Å². The molecule has 0 spiro atoms. The molecule has 1 aromatic heterocycles. The fraction of sp³-hybridized carbons (Fsp3) is 0.294. The maximum Gasteiger partial charge on any atom is 0.262 e. The first-order valence-electron chi connectivity index (χ1n) is 7.46. The molecule has 0 radical (unpaired) electrons. The van der Waals surface area contributed by atoms with E-state index >= 15 is 4.39 Å². The van der Waals surface area contributed by atoms with Gasteiger partial charge in [-0.05, 0) is 36.6 Å². The molecule has 126 valence electrons. The molecule has 1 aliphatic rings. The Morgan fingerprint density at radius 2 is 2.25 bits per heavy atom. The van der Waals surface area contributed by atoms with Gasteiger partial charge in [-0.3, -0.25) is 9.78 Å². The number of aliphatic hydroxyl groups is 1. The van der Waals surface area contributed by atoms with Gasteiger partial charge in [-0.1, -0.05) is 23.7 Å². The van der Waals surface area contributed by atoms with Crippen molar-refractivity contribution in [1.29, 1.82) is 0 Å². The topological polar surface area (TPSA) is 62.2 Å². The van der Waals surface area contributed by atoms with Crippen molar-refractivity contribution in [2.75, 3.05) is 0 Å². The molecule has 2 N–H and O–H groups in total. The number of carbonyl (C=O) groups is 1. The van der Waals surface area contributed by atoms with Crippen LogP contribution in [0.5, 0.6) is 0 Å². The van der Waals surface area contributed by atoms with Gasteiger partial charge in [-0.15, -0.1) is 0 Å². The Morgan fingerprint density at radius 1 is 1.46 bits per heavy atom. The van der Waals surface area contributed by atoms with Crippen LogP contribution in [0, 0.1) is 5.82 Å². The van der Waals surface area contributed by atoms with Gasteiger partial charge < -0.3 is 10.4 Å². The van der Waals surface area contributed by atoms with Crippen molar-refractivity contribution in [3.63, 3.8) is 0 Å². The highest BCUT2D eigenvalue weighted by atomic mass is 35.5. The lowest BCUT2D eigenvalue weighted by Crippen LogP contribution is -2.44. The second-order valence-electron chi connectivity index (χ2n) is 5.72. The highest BCUT2D eigenvalue weighted by molar-refractivity contribution is 6.30. The second-order valence-corrected chi connectivity index (χ2v) is 6.13. The highest BCUT2D eigenvalue weighted by Crippen LogP contribution is 2.42. The van der Waals surface area contributed by atoms with Crippen LogP contribution in [0.3, 0.4) is 0 Å². The number of nitrogens with zero attached hydrogens (tertiary/aromatic N) is 1. The van der Waals surface area contributed by atoms with E-state index < -0.39 is 23.5 Å². The van der Waals surface area contributed by atoms with Gasteiger partial charge in [0, 0.05) is 18.3 Å². The van der Waals surface area contributed by atoms with E-state index in [9.17, 15) is 14.3 Å². The number of amides is 1. The monoisotopic (exact) mass is 352 g/mol. The smallest absolute Gasteiger partial charge is 0.262 e. The van der Waals surface area contributed by atoms with Gasteiger partial charge >= 0.3 is 0 Å². The first kappa shape index (κ1) is 16.8. The molecule has 4 nitrogen and oxygen atoms in total. The minimum atomic E-state index is -2.26. The lowest BCUT2D eigenvalue weighted by atomic mass is 9.81. The summed E-state index contributed by atoms with van der Waals surface area (Å²) >= 11 is 5.69. The Balaban J connectivity index is 1.79. The Hall–Kier alpha value is -2.05. The van der Waals surface area contributed by atoms with Crippen LogP contribution in [0.15, 0.2) is 36.5 Å². The van der Waals surface area contributed by atoms with Gasteiger partial charge in [-0.25, -0.2) is 8.78 Å². The molecule has 2 aromatic rings. The number of alkyl halides is 1. The number of nitrogens with one attached hydrogen (secondary N) is 1. The minimum absolute atomic E-state index is 0.0165. The summed E-state index contributed by atoms with van der Waals surface area (Å²) in [6, 6.07) is 7.01. The number of fused-ring (bicyclic) bond motifs is 1. The van der Waals surface area contributed by atoms with Crippen LogP contribution < -0.4 is 5.32 Å². The molecule has 1 amide bonds. The average Bonchev–Trinajstić information content (AvgIpc) is 2.59. The van der Waals surface area contributed by atoms with Crippen LogP contribution in [0.4, 0.5) is 8.78 Å². The maximum atomic E-state index is 15.3. The standard InChI is InChI=1S/C17H15ClF2N2O2/c18-12-8-10(3-4-13(12)19)9-22-16(24)17(20)6-5-14(23)15-11(17)2-1-7-21-15/h1-4,7-8,14,23H,5-6,9H2,(H,22,24). The summed E-state index contributed by atoms with van der Waals surface area (Å²) in [5.74, 6) is -1.38. The van der Waals surface area contributed by atoms with Crippen molar-refractivity contribution in [1.82, 2.24) is 10.3 Å². The molecule has 24 heavy (non-hydrogen) atoms. The first-order chi connectivity index (χ1) is 11.4. The van der Waals surface area contributed by atoms with E-state index in [4.69, 9.17) is 11.6 Å². The van der Waals surface area contributed by atoms with Crippen molar-refractivity contribution in [3.8, 4) is 0 Å². The quantitative estimate of drug-likeness (QED) is 0.891. The third kappa shape index (κ3) is 2.99. The third-order valence-electron chi connectivity index (χ3n) is 4.14. The molecule has 0 aliphatic heterocycles. The van der Waals surface area contributed by atoms with E-state index in [1.165, 1.54) is 36.5 Å². The Bertz CT molecular complexity index is 787. The van der Waals surface area contributed by atoms with E-state index in [0.29, 0.717) is 5.56 Å². The fourth-order valence-electron chi connectivity index (χ4n) is 2.83. The lowest BCUT2D eigenvalue weighted by molar-refractivity contribution is -0.135. The Morgan fingerprint density at radius 3 is 3.00 bits per heavy atom. The molecule has 1 aliphatic carbocycles. The van der Waals surface area contributed by atoms with Crippen molar-refractivity contribution in [2.45, 2.75) is 31.2 Å². The molecule has 0 saturated heterocycles. The number of aromatic nitrogens is 1. The van der Waals surface area contributed by atoms with Crippen LogP contribution in [0.2, 0.25) is 5.02 Å². The van der Waals surface area contributed by atoms with Crippen molar-refractivity contribution in [3.05, 3.63) is 64.2 Å².